The van der Waals surface area contributed by atoms with Crippen LogP contribution in [-0.2, 0) is 7.05 Å². The van der Waals surface area contributed by atoms with E-state index < -0.39 is 0 Å². The van der Waals surface area contributed by atoms with Crippen LogP contribution in [0.25, 0.3) is 10.9 Å². The smallest absolute Gasteiger partial charge is 0.263 e. The summed E-state index contributed by atoms with van der Waals surface area (Å²) in [5.41, 5.74) is 2.10. The van der Waals surface area contributed by atoms with E-state index in [1.165, 1.54) is 4.57 Å². The SMILES string of the molecule is CC(=Nc1cc(C)ccc1O)c1c(O)c2ccccc2n(C)c1=O. The van der Waals surface area contributed by atoms with Gasteiger partial charge in [0.1, 0.15) is 22.7 Å². The zero-order valence-electron chi connectivity index (χ0n) is 13.7. The summed E-state index contributed by atoms with van der Waals surface area (Å²) >= 11 is 0. The number of phenolic OH excluding ortho intramolecular Hbond substituents is 1. The van der Waals surface area contributed by atoms with Gasteiger partial charge < -0.3 is 14.8 Å². The van der Waals surface area contributed by atoms with Crippen molar-refractivity contribution >= 4 is 22.3 Å². The van der Waals surface area contributed by atoms with Gasteiger partial charge in [0.05, 0.1) is 11.2 Å². The van der Waals surface area contributed by atoms with Gasteiger partial charge in [-0.15, -0.1) is 0 Å². The molecule has 0 spiro atoms. The van der Waals surface area contributed by atoms with E-state index in [0.29, 0.717) is 22.3 Å². The number of hydrogen-bond acceptors (Lipinski definition) is 4. The first-order chi connectivity index (χ1) is 11.4. The van der Waals surface area contributed by atoms with Crippen LogP contribution in [0.15, 0.2) is 52.3 Å². The van der Waals surface area contributed by atoms with Crippen molar-refractivity contribution in [3.05, 3.63) is 63.9 Å². The molecular formula is C19H18N2O3. The molecule has 0 saturated heterocycles. The third-order valence-electron chi connectivity index (χ3n) is 4.06. The molecule has 5 heteroatoms. The Balaban J connectivity index is 2.28. The lowest BCUT2D eigenvalue weighted by Gasteiger charge is -2.12. The minimum absolute atomic E-state index is 0.0250. The molecule has 0 unspecified atom stereocenters. The molecule has 5 nitrogen and oxygen atoms in total. The molecule has 0 atom stereocenters. The molecule has 0 aliphatic carbocycles. The second-order valence-corrected chi connectivity index (χ2v) is 5.79. The number of fused-ring (bicyclic) bond motifs is 1. The van der Waals surface area contributed by atoms with E-state index in [-0.39, 0.29) is 22.6 Å². The van der Waals surface area contributed by atoms with E-state index in [2.05, 4.69) is 4.99 Å². The van der Waals surface area contributed by atoms with E-state index in [1.807, 2.05) is 13.0 Å². The zero-order chi connectivity index (χ0) is 17.4. The van der Waals surface area contributed by atoms with Gasteiger partial charge in [-0.05, 0) is 43.7 Å². The Hall–Kier alpha value is -3.08. The molecule has 0 amide bonds. The number of phenols is 1. The Kier molecular flexibility index (Phi) is 3.85. The summed E-state index contributed by atoms with van der Waals surface area (Å²) in [4.78, 5) is 17.0. The second-order valence-electron chi connectivity index (χ2n) is 5.79. The molecule has 2 aromatic carbocycles. The topological polar surface area (TPSA) is 74.8 Å². The molecule has 0 aliphatic rings. The van der Waals surface area contributed by atoms with Gasteiger partial charge in [-0.25, -0.2) is 4.99 Å². The highest BCUT2D eigenvalue weighted by molar-refractivity contribution is 6.06. The molecule has 0 saturated carbocycles. The number of nitrogens with zero attached hydrogens (tertiary/aromatic N) is 2. The van der Waals surface area contributed by atoms with Crippen LogP contribution >= 0.6 is 0 Å². The summed E-state index contributed by atoms with van der Waals surface area (Å²) in [5.74, 6) is -0.0702. The van der Waals surface area contributed by atoms with E-state index in [0.717, 1.165) is 5.56 Å². The maximum absolute atomic E-state index is 12.6. The predicted octanol–water partition coefficient (Wildman–Crippen LogP) is 3.40. The number of hydrogen-bond donors (Lipinski definition) is 2. The number of rotatable bonds is 2. The van der Waals surface area contributed by atoms with Crippen LogP contribution < -0.4 is 5.56 Å². The molecule has 122 valence electrons. The van der Waals surface area contributed by atoms with Crippen molar-refractivity contribution in [2.45, 2.75) is 13.8 Å². The van der Waals surface area contributed by atoms with Gasteiger partial charge in [0, 0.05) is 12.4 Å². The summed E-state index contributed by atoms with van der Waals surface area (Å²) < 4.78 is 1.49. The van der Waals surface area contributed by atoms with Crippen molar-refractivity contribution in [1.82, 2.24) is 4.57 Å². The molecule has 24 heavy (non-hydrogen) atoms. The van der Waals surface area contributed by atoms with Gasteiger partial charge in [0.2, 0.25) is 0 Å². The van der Waals surface area contributed by atoms with Gasteiger partial charge in [0.25, 0.3) is 5.56 Å². The molecular weight excluding hydrogens is 304 g/mol. The number of aryl methyl sites for hydroxylation is 2. The molecule has 0 aliphatic heterocycles. The van der Waals surface area contributed by atoms with Crippen molar-refractivity contribution in [2.75, 3.05) is 0 Å². The Morgan fingerprint density at radius 1 is 1.12 bits per heavy atom. The molecule has 3 rings (SSSR count). The first kappa shape index (κ1) is 15.8. The fourth-order valence-corrected chi connectivity index (χ4v) is 2.77. The minimum atomic E-state index is -0.334. The van der Waals surface area contributed by atoms with E-state index in [4.69, 9.17) is 0 Å². The van der Waals surface area contributed by atoms with Crippen molar-refractivity contribution in [3.8, 4) is 11.5 Å². The fourth-order valence-electron chi connectivity index (χ4n) is 2.77. The lowest BCUT2D eigenvalue weighted by Crippen LogP contribution is -2.24. The van der Waals surface area contributed by atoms with Crippen molar-refractivity contribution < 1.29 is 10.2 Å². The quantitative estimate of drug-likeness (QED) is 0.710. The molecule has 3 aromatic rings. The molecule has 2 N–H and O–H groups in total. The maximum Gasteiger partial charge on any atom is 0.263 e. The van der Waals surface area contributed by atoms with Gasteiger partial charge >= 0.3 is 0 Å². The monoisotopic (exact) mass is 322 g/mol. The third-order valence-corrected chi connectivity index (χ3v) is 4.06. The third kappa shape index (κ3) is 2.54. The molecule has 1 aromatic heterocycles. The van der Waals surface area contributed by atoms with Crippen LogP contribution in [0, 0.1) is 6.92 Å². The highest BCUT2D eigenvalue weighted by Gasteiger charge is 2.17. The van der Waals surface area contributed by atoms with Gasteiger partial charge in [-0.2, -0.15) is 0 Å². The fraction of sp³-hybridized carbons (Fsp3) is 0.158. The average molecular weight is 322 g/mol. The van der Waals surface area contributed by atoms with Crippen LogP contribution in [0.4, 0.5) is 5.69 Å². The Morgan fingerprint density at radius 2 is 1.83 bits per heavy atom. The van der Waals surface area contributed by atoms with Gasteiger partial charge in [0.15, 0.2) is 0 Å². The number of pyridine rings is 1. The molecule has 0 bridgehead atoms. The largest absolute Gasteiger partial charge is 0.506 e. The zero-order valence-corrected chi connectivity index (χ0v) is 13.7. The minimum Gasteiger partial charge on any atom is -0.506 e. The summed E-state index contributed by atoms with van der Waals surface area (Å²) in [5, 5.41) is 21.1. The highest BCUT2D eigenvalue weighted by atomic mass is 16.3. The van der Waals surface area contributed by atoms with E-state index in [9.17, 15) is 15.0 Å². The Labute approximate surface area is 139 Å². The lowest BCUT2D eigenvalue weighted by molar-refractivity contribution is 0.476. The Bertz CT molecular complexity index is 1030. The van der Waals surface area contributed by atoms with Crippen molar-refractivity contribution in [3.63, 3.8) is 0 Å². The first-order valence-electron chi connectivity index (χ1n) is 7.56. The number of aromatic nitrogens is 1. The molecule has 0 fully saturated rings. The standard InChI is InChI=1S/C19H18N2O3/c1-11-8-9-16(22)14(10-11)20-12(2)17-18(23)13-6-4-5-7-15(13)21(3)19(17)24/h4-10,22-23H,1-3H3. The summed E-state index contributed by atoms with van der Waals surface area (Å²) in [6.07, 6.45) is 0. The Morgan fingerprint density at radius 3 is 2.58 bits per heavy atom. The number of para-hydroxylation sites is 1. The second kappa shape index (κ2) is 5.85. The van der Waals surface area contributed by atoms with Crippen LogP contribution in [0.2, 0.25) is 0 Å². The molecule has 1 heterocycles. The summed E-state index contributed by atoms with van der Waals surface area (Å²) in [6, 6.07) is 12.2. The lowest BCUT2D eigenvalue weighted by atomic mass is 10.1. The maximum atomic E-state index is 12.6. The van der Waals surface area contributed by atoms with Crippen LogP contribution in [-0.4, -0.2) is 20.5 Å². The number of aromatic hydroxyl groups is 2. The van der Waals surface area contributed by atoms with Crippen molar-refractivity contribution in [2.24, 2.45) is 12.0 Å². The van der Waals surface area contributed by atoms with Crippen LogP contribution in [0.5, 0.6) is 11.5 Å². The van der Waals surface area contributed by atoms with Crippen LogP contribution in [0.1, 0.15) is 18.1 Å². The van der Waals surface area contributed by atoms with E-state index >= 15 is 0 Å². The summed E-state index contributed by atoms with van der Waals surface area (Å²) in [6.45, 7) is 3.54. The van der Waals surface area contributed by atoms with E-state index in [1.54, 1.807) is 50.4 Å². The highest BCUT2D eigenvalue weighted by Crippen LogP contribution is 2.30. The first-order valence-corrected chi connectivity index (χ1v) is 7.56. The normalized spacial score (nSPS) is 11.9. The average Bonchev–Trinajstić information content (AvgIpc) is 2.56. The number of aliphatic imine (C=N–C) groups is 1. The van der Waals surface area contributed by atoms with Gasteiger partial charge in [-0.3, -0.25) is 4.79 Å². The molecule has 0 radical (unpaired) electrons. The number of benzene rings is 2. The van der Waals surface area contributed by atoms with Crippen molar-refractivity contribution in [1.29, 1.82) is 0 Å². The van der Waals surface area contributed by atoms with Gasteiger partial charge in [-0.1, -0.05) is 18.2 Å². The van der Waals surface area contributed by atoms with Crippen LogP contribution in [0.3, 0.4) is 0 Å². The predicted molar refractivity (Wildman–Crippen MR) is 95.6 cm³/mol. The summed E-state index contributed by atoms with van der Waals surface area (Å²) in [7, 11) is 1.66.